The molecule has 1 saturated carbocycles. The number of esters is 1. The average molecular weight is 290 g/mol. The van der Waals surface area contributed by atoms with Crippen LogP contribution in [-0.2, 0) is 14.3 Å². The number of carbonyl (C=O) groups excluding carboxylic acids is 3. The number of rotatable bonds is 5. The van der Waals surface area contributed by atoms with Gasteiger partial charge in [-0.2, -0.15) is 0 Å². The molecule has 1 aromatic rings. The van der Waals surface area contributed by atoms with Gasteiger partial charge >= 0.3 is 5.97 Å². The van der Waals surface area contributed by atoms with Crippen LogP contribution in [0.3, 0.4) is 0 Å². The highest BCUT2D eigenvalue weighted by atomic mass is 16.5. The summed E-state index contributed by atoms with van der Waals surface area (Å²) in [4.78, 5) is 34.5. The third-order valence-electron chi connectivity index (χ3n) is 3.42. The molecule has 0 spiro atoms. The molecule has 112 valence electrons. The van der Waals surface area contributed by atoms with Crippen molar-refractivity contribution in [3.63, 3.8) is 0 Å². The maximum Gasteiger partial charge on any atom is 0.309 e. The number of hydrogen-bond acceptors (Lipinski definition) is 4. The summed E-state index contributed by atoms with van der Waals surface area (Å²) in [5.74, 6) is -0.597. The molecule has 2 atom stereocenters. The molecule has 2 N–H and O–H groups in total. The summed E-state index contributed by atoms with van der Waals surface area (Å²) >= 11 is 0. The van der Waals surface area contributed by atoms with Gasteiger partial charge in [-0.05, 0) is 36.6 Å². The molecule has 0 bridgehead atoms. The van der Waals surface area contributed by atoms with E-state index in [9.17, 15) is 14.4 Å². The Hall–Kier alpha value is -2.37. The Morgan fingerprint density at radius 2 is 1.86 bits per heavy atom. The van der Waals surface area contributed by atoms with Crippen molar-refractivity contribution in [2.75, 3.05) is 19.0 Å². The van der Waals surface area contributed by atoms with Crippen LogP contribution in [0.5, 0.6) is 0 Å². The molecule has 1 fully saturated rings. The summed E-state index contributed by atoms with van der Waals surface area (Å²) in [5, 5.41) is 5.11. The molecule has 1 aliphatic rings. The molecule has 2 rings (SSSR count). The quantitative estimate of drug-likeness (QED) is 0.798. The van der Waals surface area contributed by atoms with Gasteiger partial charge in [-0.25, -0.2) is 0 Å². The van der Waals surface area contributed by atoms with Gasteiger partial charge < -0.3 is 15.4 Å². The van der Waals surface area contributed by atoms with Crippen LogP contribution in [0, 0.1) is 11.8 Å². The molecule has 6 nitrogen and oxygen atoms in total. The van der Waals surface area contributed by atoms with Crippen molar-refractivity contribution in [3.05, 3.63) is 29.8 Å². The van der Waals surface area contributed by atoms with Gasteiger partial charge in [0.05, 0.1) is 5.92 Å². The van der Waals surface area contributed by atoms with Crippen molar-refractivity contribution in [1.82, 2.24) is 5.32 Å². The van der Waals surface area contributed by atoms with E-state index in [2.05, 4.69) is 10.6 Å². The number of amides is 2. The number of carbonyl (C=O) groups is 3. The lowest BCUT2D eigenvalue weighted by Crippen LogP contribution is -2.22. The zero-order chi connectivity index (χ0) is 15.4. The summed E-state index contributed by atoms with van der Waals surface area (Å²) in [7, 11) is 1.55. The van der Waals surface area contributed by atoms with E-state index in [0.29, 0.717) is 17.2 Å². The van der Waals surface area contributed by atoms with E-state index in [4.69, 9.17) is 4.74 Å². The van der Waals surface area contributed by atoms with Gasteiger partial charge in [0.1, 0.15) is 0 Å². The summed E-state index contributed by atoms with van der Waals surface area (Å²) in [6.07, 6.45) is 0.835. The van der Waals surface area contributed by atoms with Crippen LogP contribution in [0.1, 0.15) is 23.7 Å². The highest BCUT2D eigenvalue weighted by molar-refractivity contribution is 5.96. The van der Waals surface area contributed by atoms with E-state index in [0.717, 1.165) is 6.42 Å². The smallest absolute Gasteiger partial charge is 0.309 e. The zero-order valence-corrected chi connectivity index (χ0v) is 12.0. The van der Waals surface area contributed by atoms with Crippen molar-refractivity contribution in [2.24, 2.45) is 11.8 Å². The number of nitrogens with one attached hydrogen (secondary N) is 2. The maximum absolute atomic E-state index is 11.6. The minimum absolute atomic E-state index is 0.0513. The van der Waals surface area contributed by atoms with Crippen LogP contribution in [0.2, 0.25) is 0 Å². The van der Waals surface area contributed by atoms with Crippen LogP contribution in [-0.4, -0.2) is 31.4 Å². The molecule has 0 unspecified atom stereocenters. The highest BCUT2D eigenvalue weighted by Crippen LogP contribution is 2.38. The maximum atomic E-state index is 11.6. The number of anilines is 1. The Labute approximate surface area is 122 Å². The van der Waals surface area contributed by atoms with E-state index in [1.165, 1.54) is 0 Å². The molecule has 0 aliphatic heterocycles. The fraction of sp³-hybridized carbons (Fsp3) is 0.400. The van der Waals surface area contributed by atoms with E-state index in [1.54, 1.807) is 31.3 Å². The molecule has 1 aromatic carbocycles. The van der Waals surface area contributed by atoms with Crippen molar-refractivity contribution >= 4 is 23.5 Å². The molecule has 0 radical (unpaired) electrons. The second-order valence-corrected chi connectivity index (χ2v) is 5.13. The molecular weight excluding hydrogens is 272 g/mol. The molecule has 2 amide bonds. The average Bonchev–Trinajstić information content (AvgIpc) is 3.22. The van der Waals surface area contributed by atoms with Crippen molar-refractivity contribution in [2.45, 2.75) is 13.3 Å². The SMILES string of the molecule is CNC(=O)c1ccc(NC(=O)COC(=O)[C@H]2C[C@@H]2C)cc1. The number of ether oxygens (including phenoxy) is 1. The Morgan fingerprint density at radius 1 is 1.24 bits per heavy atom. The van der Waals surface area contributed by atoms with E-state index < -0.39 is 5.91 Å². The number of benzene rings is 1. The zero-order valence-electron chi connectivity index (χ0n) is 12.0. The lowest BCUT2D eigenvalue weighted by Gasteiger charge is -2.07. The van der Waals surface area contributed by atoms with Crippen molar-refractivity contribution < 1.29 is 19.1 Å². The fourth-order valence-electron chi connectivity index (χ4n) is 1.94. The van der Waals surface area contributed by atoms with Crippen molar-refractivity contribution in [1.29, 1.82) is 0 Å². The Morgan fingerprint density at radius 3 is 2.38 bits per heavy atom. The van der Waals surface area contributed by atoms with E-state index in [-0.39, 0.29) is 24.4 Å². The topological polar surface area (TPSA) is 84.5 Å². The highest BCUT2D eigenvalue weighted by Gasteiger charge is 2.40. The molecule has 0 heterocycles. The molecule has 0 aromatic heterocycles. The van der Waals surface area contributed by atoms with Crippen LogP contribution < -0.4 is 10.6 Å². The summed E-state index contributed by atoms with van der Waals surface area (Å²) in [6, 6.07) is 6.44. The Balaban J connectivity index is 1.79. The molecule has 6 heteroatoms. The Kier molecular flexibility index (Phi) is 4.57. The minimum Gasteiger partial charge on any atom is -0.455 e. The largest absolute Gasteiger partial charge is 0.455 e. The van der Waals surface area contributed by atoms with Crippen LogP contribution in [0.15, 0.2) is 24.3 Å². The lowest BCUT2D eigenvalue weighted by molar-refractivity contribution is -0.148. The fourth-order valence-corrected chi connectivity index (χ4v) is 1.94. The molecular formula is C15H18N2O4. The van der Waals surface area contributed by atoms with Crippen molar-refractivity contribution in [3.8, 4) is 0 Å². The van der Waals surface area contributed by atoms with Crippen LogP contribution >= 0.6 is 0 Å². The van der Waals surface area contributed by atoms with Gasteiger partial charge in [0.25, 0.3) is 11.8 Å². The minimum atomic E-state index is -0.399. The van der Waals surface area contributed by atoms with E-state index >= 15 is 0 Å². The van der Waals surface area contributed by atoms with Crippen LogP contribution in [0.25, 0.3) is 0 Å². The second-order valence-electron chi connectivity index (χ2n) is 5.13. The predicted molar refractivity (Wildman–Crippen MR) is 76.7 cm³/mol. The van der Waals surface area contributed by atoms with Crippen LogP contribution in [0.4, 0.5) is 5.69 Å². The summed E-state index contributed by atoms with van der Waals surface area (Å²) in [5.41, 5.74) is 1.05. The summed E-state index contributed by atoms with van der Waals surface area (Å²) in [6.45, 7) is 1.68. The Bertz CT molecular complexity index is 553. The summed E-state index contributed by atoms with van der Waals surface area (Å²) < 4.78 is 4.93. The first-order valence-corrected chi connectivity index (χ1v) is 6.80. The second kappa shape index (κ2) is 6.39. The molecule has 1 aliphatic carbocycles. The van der Waals surface area contributed by atoms with Gasteiger partial charge in [0, 0.05) is 18.3 Å². The standard InChI is InChI=1S/C15H18N2O4/c1-9-7-12(9)15(20)21-8-13(18)17-11-5-3-10(4-6-11)14(19)16-2/h3-6,9,12H,7-8H2,1-2H3,(H,16,19)(H,17,18)/t9-,12-/m0/s1. The first-order chi connectivity index (χ1) is 10.0. The van der Waals surface area contributed by atoms with Gasteiger partial charge in [0.15, 0.2) is 6.61 Å². The normalized spacial score (nSPS) is 19.5. The third-order valence-corrected chi connectivity index (χ3v) is 3.42. The lowest BCUT2D eigenvalue weighted by atomic mass is 10.2. The molecule has 0 saturated heterocycles. The van der Waals surface area contributed by atoms with E-state index in [1.807, 2.05) is 6.92 Å². The first kappa shape index (κ1) is 15.0. The predicted octanol–water partition coefficient (Wildman–Crippen LogP) is 1.18. The third kappa shape index (κ3) is 4.05. The first-order valence-electron chi connectivity index (χ1n) is 6.80. The monoisotopic (exact) mass is 290 g/mol. The number of hydrogen-bond donors (Lipinski definition) is 2. The van der Waals surface area contributed by atoms with Gasteiger partial charge in [-0.3, -0.25) is 14.4 Å². The van der Waals surface area contributed by atoms with Gasteiger partial charge in [0.2, 0.25) is 0 Å². The van der Waals surface area contributed by atoms with Gasteiger partial charge in [-0.15, -0.1) is 0 Å². The van der Waals surface area contributed by atoms with Gasteiger partial charge in [-0.1, -0.05) is 6.92 Å². The molecule has 21 heavy (non-hydrogen) atoms.